The normalized spacial score (nSPS) is 24.9. The second-order valence-corrected chi connectivity index (χ2v) is 12.4. The highest BCUT2D eigenvalue weighted by molar-refractivity contribution is 6.09. The van der Waals surface area contributed by atoms with E-state index in [1.165, 1.54) is 4.90 Å². The van der Waals surface area contributed by atoms with Crippen molar-refractivity contribution >= 4 is 47.1 Å². The molecule has 0 aliphatic carbocycles. The van der Waals surface area contributed by atoms with Gasteiger partial charge in [-0.15, -0.1) is 0 Å². The summed E-state index contributed by atoms with van der Waals surface area (Å²) < 4.78 is 16.1. The number of anilines is 3. The molecule has 0 N–H and O–H groups in total. The zero-order chi connectivity index (χ0) is 32.4. The van der Waals surface area contributed by atoms with Crippen molar-refractivity contribution in [3.05, 3.63) is 5.56 Å². The third-order valence-electron chi connectivity index (χ3n) is 9.44. The molecule has 0 bridgehead atoms. The number of piperidine rings is 1. The number of piperazine rings is 1. The fourth-order valence-electron chi connectivity index (χ4n) is 7.12. The van der Waals surface area contributed by atoms with Gasteiger partial charge in [0.25, 0.3) is 5.91 Å². The molecule has 0 aromatic carbocycles. The van der Waals surface area contributed by atoms with Crippen LogP contribution in [0.3, 0.4) is 0 Å². The lowest BCUT2D eigenvalue weighted by molar-refractivity contribution is -0.178. The number of hydrogen-bond donors (Lipinski definition) is 0. The highest BCUT2D eigenvalue weighted by Gasteiger charge is 2.52. The molecule has 15 heteroatoms. The number of fused-ring (bicyclic) bond motifs is 1. The number of aromatic nitrogens is 2. The summed E-state index contributed by atoms with van der Waals surface area (Å²) >= 11 is 0. The van der Waals surface area contributed by atoms with Crippen molar-refractivity contribution in [2.45, 2.75) is 70.6 Å². The van der Waals surface area contributed by atoms with E-state index in [9.17, 15) is 24.0 Å². The van der Waals surface area contributed by atoms with Crippen molar-refractivity contribution < 1.29 is 38.2 Å². The molecule has 5 fully saturated rings. The minimum atomic E-state index is -1.30. The van der Waals surface area contributed by atoms with Gasteiger partial charge in [0.05, 0.1) is 6.04 Å². The fraction of sp³-hybridized carbons (Fsp3) is 0.710. The number of ketones is 2. The molecule has 6 heterocycles. The van der Waals surface area contributed by atoms with Crippen molar-refractivity contribution in [1.82, 2.24) is 19.8 Å². The molecular formula is C31H43N7O8. The maximum absolute atomic E-state index is 13.0. The number of rotatable bonds is 9. The van der Waals surface area contributed by atoms with Crippen LogP contribution >= 0.6 is 0 Å². The molecule has 6 rings (SSSR count). The van der Waals surface area contributed by atoms with Crippen LogP contribution in [0.1, 0.15) is 62.7 Å². The van der Waals surface area contributed by atoms with Gasteiger partial charge in [-0.25, -0.2) is 9.59 Å². The summed E-state index contributed by atoms with van der Waals surface area (Å²) in [7, 11) is 0. The third-order valence-corrected chi connectivity index (χ3v) is 9.44. The summed E-state index contributed by atoms with van der Waals surface area (Å²) in [5.74, 6) is -0.0347. The predicted molar refractivity (Wildman–Crippen MR) is 165 cm³/mol. The van der Waals surface area contributed by atoms with E-state index < -0.39 is 48.6 Å². The first-order valence-corrected chi connectivity index (χ1v) is 16.5. The minimum absolute atomic E-state index is 0.0978. The monoisotopic (exact) mass is 641 g/mol. The maximum atomic E-state index is 13.0. The lowest BCUT2D eigenvalue weighted by Crippen LogP contribution is -2.62. The Hall–Kier alpha value is -4.01. The van der Waals surface area contributed by atoms with Crippen LogP contribution in [0.15, 0.2) is 0 Å². The van der Waals surface area contributed by atoms with E-state index in [1.807, 2.05) is 4.90 Å². The number of carbonyl (C=O) groups excluding carboxylic acids is 5. The number of ether oxygens (including phenoxy) is 3. The van der Waals surface area contributed by atoms with E-state index >= 15 is 0 Å². The molecule has 2 amide bonds. The maximum Gasteiger partial charge on any atom is 0.410 e. The first-order chi connectivity index (χ1) is 22.3. The van der Waals surface area contributed by atoms with Crippen LogP contribution in [0.4, 0.5) is 22.4 Å². The molecule has 1 aromatic rings. The minimum Gasteiger partial charge on any atom is -0.449 e. The average Bonchev–Trinajstić information content (AvgIpc) is 3.87. The number of carbonyl (C=O) groups is 5. The van der Waals surface area contributed by atoms with Gasteiger partial charge in [-0.3, -0.25) is 14.4 Å². The van der Waals surface area contributed by atoms with Crippen LogP contribution in [0.5, 0.6) is 0 Å². The van der Waals surface area contributed by atoms with Gasteiger partial charge in [0.15, 0.2) is 24.6 Å². The highest BCUT2D eigenvalue weighted by Crippen LogP contribution is 2.34. The van der Waals surface area contributed by atoms with Crippen molar-refractivity contribution in [2.75, 3.05) is 86.8 Å². The molecule has 3 unspecified atom stereocenters. The molecule has 5 aliphatic heterocycles. The Morgan fingerprint density at radius 1 is 0.804 bits per heavy atom. The van der Waals surface area contributed by atoms with Crippen LogP contribution in [-0.4, -0.2) is 140 Å². The summed E-state index contributed by atoms with van der Waals surface area (Å²) in [6.07, 6.45) is 2.34. The molecule has 46 heavy (non-hydrogen) atoms. The van der Waals surface area contributed by atoms with Gasteiger partial charge in [0.1, 0.15) is 17.2 Å². The van der Waals surface area contributed by atoms with Gasteiger partial charge in [-0.2, -0.15) is 9.97 Å². The SMILES string of the molecule is CCOC1C(=O)C(OC(=O)COC(=O)N2CCN(c3nc(N4CCCC4)nc(N4CCCC4)c3C(C)=O)CC2)C2CCCN2C1=O. The van der Waals surface area contributed by atoms with E-state index in [0.29, 0.717) is 68.7 Å². The van der Waals surface area contributed by atoms with Crippen LogP contribution in [0.2, 0.25) is 0 Å². The van der Waals surface area contributed by atoms with Crippen LogP contribution in [-0.2, 0) is 28.6 Å². The molecule has 3 atom stereocenters. The van der Waals surface area contributed by atoms with Crippen LogP contribution < -0.4 is 14.7 Å². The first kappa shape index (κ1) is 32.0. The van der Waals surface area contributed by atoms with Crippen LogP contribution in [0.25, 0.3) is 0 Å². The Balaban J connectivity index is 1.08. The van der Waals surface area contributed by atoms with E-state index in [1.54, 1.807) is 18.7 Å². The van der Waals surface area contributed by atoms with Gasteiger partial charge in [-0.05, 0) is 52.4 Å². The number of esters is 1. The number of amides is 2. The standard InChI is InChI=1S/C31H43N7O8/c1-3-44-26-24(41)25(21-9-8-14-38(21)29(26)42)46-22(40)19-45-31(43)37-17-15-35(16-18-37)28-23(20(2)39)27(34-10-4-5-11-34)32-30(33-28)36-12-6-7-13-36/h21,25-26H,3-19H2,1-2H3. The molecule has 250 valence electrons. The predicted octanol–water partition coefficient (Wildman–Crippen LogP) is 1.03. The lowest BCUT2D eigenvalue weighted by atomic mass is 9.95. The Kier molecular flexibility index (Phi) is 9.57. The number of nitrogens with zero attached hydrogens (tertiary/aromatic N) is 7. The average molecular weight is 642 g/mol. The number of Topliss-reactive ketones (excluding diaryl/α,β-unsaturated/α-hetero) is 2. The van der Waals surface area contributed by atoms with Gasteiger partial charge in [0, 0.05) is 65.5 Å². The topological polar surface area (TPSA) is 155 Å². The smallest absolute Gasteiger partial charge is 0.410 e. The quantitative estimate of drug-likeness (QED) is 0.214. The molecule has 5 aliphatic rings. The molecule has 0 saturated carbocycles. The van der Waals surface area contributed by atoms with Gasteiger partial charge >= 0.3 is 12.1 Å². The summed E-state index contributed by atoms with van der Waals surface area (Å²) in [5.41, 5.74) is 0.509. The van der Waals surface area contributed by atoms with Gasteiger partial charge < -0.3 is 38.7 Å². The summed E-state index contributed by atoms with van der Waals surface area (Å²) in [4.78, 5) is 83.5. The van der Waals surface area contributed by atoms with E-state index in [2.05, 4.69) is 9.80 Å². The number of hydrogen-bond acceptors (Lipinski definition) is 13. The van der Waals surface area contributed by atoms with E-state index in [4.69, 9.17) is 24.2 Å². The van der Waals surface area contributed by atoms with E-state index in [0.717, 1.165) is 51.9 Å². The molecule has 15 nitrogen and oxygen atoms in total. The zero-order valence-corrected chi connectivity index (χ0v) is 26.6. The molecular weight excluding hydrogens is 598 g/mol. The van der Waals surface area contributed by atoms with E-state index in [-0.39, 0.29) is 12.4 Å². The Labute approximate surface area is 268 Å². The zero-order valence-electron chi connectivity index (χ0n) is 26.6. The largest absolute Gasteiger partial charge is 0.449 e. The van der Waals surface area contributed by atoms with Crippen molar-refractivity contribution in [3.8, 4) is 0 Å². The molecule has 0 spiro atoms. The Morgan fingerprint density at radius 2 is 1.41 bits per heavy atom. The second-order valence-electron chi connectivity index (χ2n) is 12.4. The molecule has 1 aromatic heterocycles. The first-order valence-electron chi connectivity index (χ1n) is 16.5. The molecule has 0 radical (unpaired) electrons. The van der Waals surface area contributed by atoms with Gasteiger partial charge in [0.2, 0.25) is 11.7 Å². The van der Waals surface area contributed by atoms with Crippen LogP contribution in [0, 0.1) is 0 Å². The summed E-state index contributed by atoms with van der Waals surface area (Å²) in [6, 6.07) is -0.539. The van der Waals surface area contributed by atoms with Crippen molar-refractivity contribution in [3.63, 3.8) is 0 Å². The van der Waals surface area contributed by atoms with Gasteiger partial charge in [-0.1, -0.05) is 0 Å². The third kappa shape index (κ3) is 6.33. The highest BCUT2D eigenvalue weighted by atomic mass is 16.6. The summed E-state index contributed by atoms with van der Waals surface area (Å²) in [6.45, 7) is 8.06. The van der Waals surface area contributed by atoms with Crippen molar-refractivity contribution in [2.24, 2.45) is 0 Å². The Bertz CT molecular complexity index is 1350. The fourth-order valence-corrected chi connectivity index (χ4v) is 7.12. The molecule has 5 saturated heterocycles. The van der Waals surface area contributed by atoms with Crippen molar-refractivity contribution in [1.29, 1.82) is 0 Å². The second kappa shape index (κ2) is 13.8. The lowest BCUT2D eigenvalue weighted by Gasteiger charge is -2.38. The Morgan fingerprint density at radius 3 is 2.02 bits per heavy atom. The summed E-state index contributed by atoms with van der Waals surface area (Å²) in [5, 5.41) is 0.